The molecule has 0 saturated carbocycles. The van der Waals surface area contributed by atoms with E-state index in [4.69, 9.17) is 10.2 Å². The highest BCUT2D eigenvalue weighted by Crippen LogP contribution is 2.22. The van der Waals surface area contributed by atoms with Crippen molar-refractivity contribution in [3.05, 3.63) is 0 Å². The molecule has 0 heterocycles. The Morgan fingerprint density at radius 2 is 1.69 bits per heavy atom. The molecule has 0 bridgehead atoms. The maximum atomic E-state index is 11.8. The smallest absolute Gasteiger partial charge is 0.481 e. The molecule has 0 radical (unpaired) electrons. The van der Waals surface area contributed by atoms with Crippen molar-refractivity contribution in [2.24, 2.45) is 0 Å². The molecule has 1 atom stereocenters. The quantitative estimate of drug-likeness (QED) is 0.607. The largest absolute Gasteiger partial charge is 0.511 e. The van der Waals surface area contributed by atoms with E-state index in [0.717, 1.165) is 4.72 Å². The van der Waals surface area contributed by atoms with E-state index in [1.165, 1.54) is 0 Å². The van der Waals surface area contributed by atoms with Crippen LogP contribution in [0, 0.1) is 0 Å². The molecule has 7 nitrogen and oxygen atoms in total. The number of carbonyl (C=O) groups is 2. The zero-order chi connectivity index (χ0) is 13.1. The van der Waals surface area contributed by atoms with Crippen LogP contribution in [0.1, 0.15) is 6.42 Å². The summed E-state index contributed by atoms with van der Waals surface area (Å²) >= 11 is 0. The molecule has 0 aromatic carbocycles. The molecule has 16 heavy (non-hydrogen) atoms. The Balaban J connectivity index is 4.91. The van der Waals surface area contributed by atoms with Gasteiger partial charge in [-0.1, -0.05) is 0 Å². The first-order valence-corrected chi connectivity index (χ1v) is 4.99. The molecule has 0 aliphatic rings. The zero-order valence-corrected chi connectivity index (χ0v) is 8.17. The molecular weight excluding hydrogens is 259 g/mol. The molecule has 0 aliphatic heterocycles. The average Bonchev–Trinajstić information content (AvgIpc) is 1.98. The van der Waals surface area contributed by atoms with Crippen molar-refractivity contribution >= 4 is 22.0 Å². The number of alkyl halides is 3. The number of carboxylic acids is 2. The van der Waals surface area contributed by atoms with Crippen LogP contribution in [-0.2, 0) is 19.6 Å². The summed E-state index contributed by atoms with van der Waals surface area (Å²) in [7, 11) is -5.88. The summed E-state index contributed by atoms with van der Waals surface area (Å²) in [5.41, 5.74) is -5.70. The van der Waals surface area contributed by atoms with Gasteiger partial charge in [-0.3, -0.25) is 9.59 Å². The Bertz CT molecular complexity index is 387. The molecule has 0 spiro atoms. The van der Waals surface area contributed by atoms with Crippen molar-refractivity contribution in [2.45, 2.75) is 18.0 Å². The lowest BCUT2D eigenvalue weighted by Crippen LogP contribution is -2.47. The lowest BCUT2D eigenvalue weighted by atomic mass is 10.2. The minimum absolute atomic E-state index is 0.731. The fourth-order valence-corrected chi connectivity index (χ4v) is 1.30. The Morgan fingerprint density at radius 1 is 1.25 bits per heavy atom. The van der Waals surface area contributed by atoms with Gasteiger partial charge < -0.3 is 10.2 Å². The summed E-state index contributed by atoms with van der Waals surface area (Å²) in [5, 5.41) is 16.4. The van der Waals surface area contributed by atoms with Gasteiger partial charge in [0, 0.05) is 0 Å². The van der Waals surface area contributed by atoms with E-state index in [2.05, 4.69) is 0 Å². The molecule has 0 rings (SSSR count). The zero-order valence-electron chi connectivity index (χ0n) is 7.35. The second-order valence-corrected chi connectivity index (χ2v) is 4.26. The summed E-state index contributed by atoms with van der Waals surface area (Å²) in [5.74, 6) is -3.77. The van der Waals surface area contributed by atoms with Crippen LogP contribution in [-0.4, -0.2) is 42.1 Å². The van der Waals surface area contributed by atoms with Crippen molar-refractivity contribution < 1.29 is 41.4 Å². The summed E-state index contributed by atoms with van der Waals surface area (Å²) in [6, 6.07) is -2.37. The maximum absolute atomic E-state index is 11.8. The highest BCUT2D eigenvalue weighted by molar-refractivity contribution is 7.90. The number of aliphatic carboxylic acids is 2. The standard InChI is InChI=1S/C5H6F3NO6S/c6-5(7,8)16(14,15)9-2(4(12)13)1-3(10)11/h2,9H,1H2,(H,10,11)(H,12,13). The van der Waals surface area contributed by atoms with E-state index in [0.29, 0.717) is 0 Å². The van der Waals surface area contributed by atoms with E-state index in [1.54, 1.807) is 0 Å². The number of rotatable bonds is 5. The molecule has 1 unspecified atom stereocenters. The van der Waals surface area contributed by atoms with E-state index < -0.39 is 39.9 Å². The minimum Gasteiger partial charge on any atom is -0.481 e. The second-order valence-electron chi connectivity index (χ2n) is 2.56. The fourth-order valence-electron chi connectivity index (χ4n) is 0.608. The average molecular weight is 265 g/mol. The highest BCUT2D eigenvalue weighted by atomic mass is 32.2. The van der Waals surface area contributed by atoms with Gasteiger partial charge in [0.25, 0.3) is 0 Å². The van der Waals surface area contributed by atoms with Crippen LogP contribution in [0.15, 0.2) is 0 Å². The molecule has 0 aliphatic carbocycles. The van der Waals surface area contributed by atoms with Gasteiger partial charge in [-0.25, -0.2) is 8.42 Å². The van der Waals surface area contributed by atoms with E-state index in [9.17, 15) is 31.2 Å². The molecule has 0 aromatic rings. The number of hydrogen-bond donors (Lipinski definition) is 3. The summed E-state index contributed by atoms with van der Waals surface area (Å²) in [6.07, 6.45) is -1.30. The van der Waals surface area contributed by atoms with Gasteiger partial charge in [0.15, 0.2) is 0 Å². The minimum atomic E-state index is -5.88. The number of nitrogens with one attached hydrogen (secondary N) is 1. The first-order valence-electron chi connectivity index (χ1n) is 3.50. The van der Waals surface area contributed by atoms with Crippen LogP contribution >= 0.6 is 0 Å². The topological polar surface area (TPSA) is 121 Å². The van der Waals surface area contributed by atoms with Gasteiger partial charge in [-0.2, -0.15) is 17.9 Å². The number of sulfonamides is 1. The lowest BCUT2D eigenvalue weighted by molar-refractivity contribution is -0.145. The fraction of sp³-hybridized carbons (Fsp3) is 0.600. The maximum Gasteiger partial charge on any atom is 0.511 e. The van der Waals surface area contributed by atoms with Crippen molar-refractivity contribution in [1.29, 1.82) is 0 Å². The summed E-state index contributed by atoms with van der Waals surface area (Å²) < 4.78 is 57.1. The van der Waals surface area contributed by atoms with Gasteiger partial charge in [0.05, 0.1) is 6.42 Å². The van der Waals surface area contributed by atoms with Crippen LogP contribution in [0.4, 0.5) is 13.2 Å². The molecule has 11 heteroatoms. The van der Waals surface area contributed by atoms with Crippen LogP contribution in [0.3, 0.4) is 0 Å². The number of halogens is 3. The molecule has 3 N–H and O–H groups in total. The molecule has 0 aromatic heterocycles. The lowest BCUT2D eigenvalue weighted by Gasteiger charge is -2.14. The molecule has 0 fully saturated rings. The van der Waals surface area contributed by atoms with Gasteiger partial charge in [0.2, 0.25) is 0 Å². The first kappa shape index (κ1) is 14.6. The summed E-state index contributed by atoms with van der Waals surface area (Å²) in [4.78, 5) is 20.4. The summed E-state index contributed by atoms with van der Waals surface area (Å²) in [6.45, 7) is 0. The Morgan fingerprint density at radius 3 is 1.94 bits per heavy atom. The molecule has 94 valence electrons. The molecular formula is C5H6F3NO6S. The van der Waals surface area contributed by atoms with Crippen molar-refractivity contribution in [1.82, 2.24) is 4.72 Å². The third kappa shape index (κ3) is 4.02. The van der Waals surface area contributed by atoms with Crippen LogP contribution in [0.25, 0.3) is 0 Å². The third-order valence-electron chi connectivity index (χ3n) is 1.28. The third-order valence-corrected chi connectivity index (χ3v) is 2.48. The van der Waals surface area contributed by atoms with Crippen molar-refractivity contribution in [2.75, 3.05) is 0 Å². The first-order chi connectivity index (χ1) is 6.97. The van der Waals surface area contributed by atoms with Gasteiger partial charge in [-0.05, 0) is 0 Å². The Labute approximate surface area is 86.9 Å². The predicted octanol–water partition coefficient (Wildman–Crippen LogP) is -0.646. The van der Waals surface area contributed by atoms with Gasteiger partial charge in [-0.15, -0.1) is 0 Å². The van der Waals surface area contributed by atoms with Crippen molar-refractivity contribution in [3.63, 3.8) is 0 Å². The predicted molar refractivity (Wildman–Crippen MR) is 41.8 cm³/mol. The van der Waals surface area contributed by atoms with Crippen LogP contribution in [0.5, 0.6) is 0 Å². The molecule has 0 saturated heterocycles. The SMILES string of the molecule is O=C(O)CC(NS(=O)(=O)C(F)(F)F)C(=O)O. The Kier molecular flexibility index (Phi) is 4.26. The van der Waals surface area contributed by atoms with Crippen LogP contribution < -0.4 is 4.72 Å². The normalized spacial score (nSPS) is 14.4. The van der Waals surface area contributed by atoms with Gasteiger partial charge >= 0.3 is 27.5 Å². The van der Waals surface area contributed by atoms with E-state index in [-0.39, 0.29) is 0 Å². The van der Waals surface area contributed by atoms with Crippen molar-refractivity contribution in [3.8, 4) is 0 Å². The second kappa shape index (κ2) is 4.65. The van der Waals surface area contributed by atoms with Gasteiger partial charge in [0.1, 0.15) is 6.04 Å². The van der Waals surface area contributed by atoms with E-state index in [1.807, 2.05) is 0 Å². The Hall–Kier alpha value is -1.36. The molecule has 0 amide bonds. The number of hydrogen-bond acceptors (Lipinski definition) is 4. The van der Waals surface area contributed by atoms with E-state index >= 15 is 0 Å². The highest BCUT2D eigenvalue weighted by Gasteiger charge is 2.48. The number of carboxylic acid groups (broad SMARTS) is 2. The monoisotopic (exact) mass is 265 g/mol. The van der Waals surface area contributed by atoms with Crippen LogP contribution in [0.2, 0.25) is 0 Å².